The average molecular weight is 607 g/mol. The van der Waals surface area contributed by atoms with Gasteiger partial charge in [-0.1, -0.05) is 18.2 Å². The number of benzene rings is 1. The number of ether oxygens (including phenoxy) is 2. The third-order valence-electron chi connectivity index (χ3n) is 6.68. The molecule has 41 heavy (non-hydrogen) atoms. The maximum atomic E-state index is 14.0. The van der Waals surface area contributed by atoms with Gasteiger partial charge in [0.25, 0.3) is 11.8 Å². The monoisotopic (exact) mass is 606 g/mol. The quantitative estimate of drug-likeness (QED) is 0.352. The Labute approximate surface area is 242 Å². The Bertz CT molecular complexity index is 1530. The first-order chi connectivity index (χ1) is 19.2. The van der Waals surface area contributed by atoms with Crippen LogP contribution in [0.4, 0.5) is 5.00 Å². The fraction of sp³-hybridized carbons (Fsp3) is 0.444. The molecule has 3 aromatic rings. The molecule has 1 aliphatic heterocycles. The summed E-state index contributed by atoms with van der Waals surface area (Å²) in [5, 5.41) is 12.2. The van der Waals surface area contributed by atoms with Gasteiger partial charge in [0.15, 0.2) is 0 Å². The van der Waals surface area contributed by atoms with E-state index in [1.54, 1.807) is 25.0 Å². The first kappa shape index (κ1) is 30.5. The lowest BCUT2D eigenvalue weighted by Crippen LogP contribution is -2.67. The number of oxazole rings is 1. The maximum Gasteiger partial charge on any atom is 0.261 e. The number of thiophene rings is 1. The molecule has 0 spiro atoms. The number of anilines is 1. The van der Waals surface area contributed by atoms with Gasteiger partial charge in [-0.3, -0.25) is 19.2 Å². The number of carbonyl (C=O) groups excluding carboxylic acids is 2. The number of fused-ring (bicyclic) bond motifs is 1. The number of nitrogens with one attached hydrogen (secondary N) is 1. The van der Waals surface area contributed by atoms with Gasteiger partial charge in [-0.25, -0.2) is 13.4 Å². The van der Waals surface area contributed by atoms with Crippen LogP contribution in [0, 0.1) is 6.92 Å². The highest BCUT2D eigenvalue weighted by Crippen LogP contribution is 2.47. The summed E-state index contributed by atoms with van der Waals surface area (Å²) in [6.07, 6.45) is 1.23. The summed E-state index contributed by atoms with van der Waals surface area (Å²) in [5.41, 5.74) is -0.295. The lowest BCUT2D eigenvalue weighted by molar-refractivity contribution is -0.135. The Morgan fingerprint density at radius 1 is 1.29 bits per heavy atom. The topological polar surface area (TPSA) is 152 Å². The summed E-state index contributed by atoms with van der Waals surface area (Å²) in [5.74, 6) is -0.753. The number of amides is 2. The predicted octanol–water partition coefficient (Wildman–Crippen LogP) is 3.28. The number of aliphatic hydroxyl groups is 1. The zero-order valence-corrected chi connectivity index (χ0v) is 25.5. The third kappa shape index (κ3) is 5.96. The first-order valence-corrected chi connectivity index (χ1v) is 15.5. The van der Waals surface area contributed by atoms with E-state index in [1.165, 1.54) is 37.6 Å². The second-order valence-electron chi connectivity index (χ2n) is 10.4. The lowest BCUT2D eigenvalue weighted by atomic mass is 9.97. The summed E-state index contributed by atoms with van der Waals surface area (Å²) in [4.78, 5) is 34.6. The van der Waals surface area contributed by atoms with E-state index in [0.717, 1.165) is 16.7 Å². The summed E-state index contributed by atoms with van der Waals surface area (Å²) >= 11 is 1.21. The largest absolute Gasteiger partial charge is 0.496 e. The Morgan fingerprint density at radius 2 is 1.98 bits per heavy atom. The highest BCUT2D eigenvalue weighted by Gasteiger charge is 2.50. The van der Waals surface area contributed by atoms with Crippen LogP contribution in [0.25, 0.3) is 10.8 Å². The van der Waals surface area contributed by atoms with Crippen molar-refractivity contribution < 1.29 is 37.0 Å². The van der Waals surface area contributed by atoms with E-state index < -0.39 is 39.8 Å². The van der Waals surface area contributed by atoms with Crippen molar-refractivity contribution in [2.45, 2.75) is 58.7 Å². The van der Waals surface area contributed by atoms with Crippen LogP contribution in [-0.2, 0) is 19.6 Å². The van der Waals surface area contributed by atoms with E-state index in [1.807, 2.05) is 36.8 Å². The number of rotatable bonds is 10. The molecular weight excluding hydrogens is 572 g/mol. The van der Waals surface area contributed by atoms with Gasteiger partial charge in [-0.15, -0.1) is 11.3 Å². The molecule has 14 heteroatoms. The van der Waals surface area contributed by atoms with Crippen molar-refractivity contribution in [1.29, 1.82) is 0 Å². The molecule has 2 N–H and O–H groups in total. The summed E-state index contributed by atoms with van der Waals surface area (Å²) in [6.45, 7) is 8.28. The Morgan fingerprint density at radius 3 is 2.56 bits per heavy atom. The first-order valence-electron chi connectivity index (χ1n) is 12.8. The number of hydrogen-bond donors (Lipinski definition) is 2. The van der Waals surface area contributed by atoms with Crippen LogP contribution < -0.4 is 14.4 Å². The van der Waals surface area contributed by atoms with Crippen LogP contribution in [0.3, 0.4) is 0 Å². The standard InChI is InChI=1S/C27H34N4O8S2/c1-15(2)39-19(17-10-8-9-11-18(17)37-6)14-30-24-20(16(3)21(40-24)22-28-12-13-38-22)23(32)31(26(30)34)27(4,5)25(33)29-41(7,35)36/h8-13,15,19,26,34H,14H2,1-7H3,(H,29,33)/t19-,26?/m0/s1. The zero-order valence-electron chi connectivity index (χ0n) is 23.9. The van der Waals surface area contributed by atoms with E-state index in [-0.39, 0.29) is 18.2 Å². The predicted molar refractivity (Wildman–Crippen MR) is 153 cm³/mol. The van der Waals surface area contributed by atoms with E-state index in [2.05, 4.69) is 4.98 Å². The molecule has 1 aromatic carbocycles. The van der Waals surface area contributed by atoms with E-state index in [9.17, 15) is 23.1 Å². The van der Waals surface area contributed by atoms with Gasteiger partial charge in [-0.05, 0) is 46.2 Å². The van der Waals surface area contributed by atoms with E-state index >= 15 is 0 Å². The minimum Gasteiger partial charge on any atom is -0.496 e. The Kier molecular flexibility index (Phi) is 8.50. The zero-order chi connectivity index (χ0) is 30.3. The van der Waals surface area contributed by atoms with E-state index in [0.29, 0.717) is 27.1 Å². The van der Waals surface area contributed by atoms with Crippen molar-refractivity contribution in [3.63, 3.8) is 0 Å². The highest BCUT2D eigenvalue weighted by molar-refractivity contribution is 7.89. The molecule has 0 aliphatic carbocycles. The number of hydrogen-bond acceptors (Lipinski definition) is 11. The van der Waals surface area contributed by atoms with Crippen LogP contribution in [0.1, 0.15) is 55.3 Å². The summed E-state index contributed by atoms with van der Waals surface area (Å²) in [7, 11) is -2.40. The second kappa shape index (κ2) is 11.4. The SMILES string of the molecule is COc1ccccc1[C@H](CN1c2sc(-c3ncco3)c(C)c2C(=O)N(C(C)(C)C(=O)NS(C)(=O)=O)C1O)OC(C)C. The van der Waals surface area contributed by atoms with Crippen molar-refractivity contribution in [3.05, 3.63) is 53.4 Å². The fourth-order valence-corrected chi connectivity index (χ4v) is 6.59. The molecule has 0 saturated heterocycles. The fourth-order valence-electron chi connectivity index (χ4n) is 4.74. The number of sulfonamides is 1. The minimum absolute atomic E-state index is 0.0469. The van der Waals surface area contributed by atoms with Gasteiger partial charge in [0, 0.05) is 5.56 Å². The van der Waals surface area contributed by atoms with Crippen molar-refractivity contribution >= 4 is 38.2 Å². The number of nitrogens with zero attached hydrogens (tertiary/aromatic N) is 3. The molecule has 222 valence electrons. The number of aromatic nitrogens is 1. The number of para-hydroxylation sites is 1. The molecular formula is C27H34N4O8S2. The van der Waals surface area contributed by atoms with Crippen LogP contribution >= 0.6 is 11.3 Å². The van der Waals surface area contributed by atoms with Crippen LogP contribution in [-0.4, -0.2) is 73.1 Å². The lowest BCUT2D eigenvalue weighted by Gasteiger charge is -2.48. The number of methoxy groups -OCH3 is 1. The van der Waals surface area contributed by atoms with Gasteiger partial charge in [0.05, 0.1) is 42.7 Å². The normalized spacial score (nSPS) is 16.6. The molecule has 0 fully saturated rings. The van der Waals surface area contributed by atoms with Gasteiger partial charge in [0.1, 0.15) is 28.7 Å². The number of aliphatic hydroxyl groups excluding tert-OH is 1. The minimum atomic E-state index is -3.95. The molecule has 3 heterocycles. The molecule has 4 rings (SSSR count). The van der Waals surface area contributed by atoms with Gasteiger partial charge < -0.3 is 23.9 Å². The van der Waals surface area contributed by atoms with E-state index in [4.69, 9.17) is 13.9 Å². The molecule has 0 radical (unpaired) electrons. The van der Waals surface area contributed by atoms with Crippen molar-refractivity contribution in [3.8, 4) is 16.5 Å². The Hall–Kier alpha value is -3.46. The van der Waals surface area contributed by atoms with Gasteiger partial charge >= 0.3 is 0 Å². The Balaban J connectivity index is 1.88. The van der Waals surface area contributed by atoms with Crippen molar-refractivity contribution in [2.24, 2.45) is 0 Å². The second-order valence-corrected chi connectivity index (χ2v) is 13.2. The molecule has 2 atom stereocenters. The number of carbonyl (C=O) groups is 2. The van der Waals surface area contributed by atoms with Crippen LogP contribution in [0.5, 0.6) is 5.75 Å². The molecule has 2 amide bonds. The molecule has 1 unspecified atom stereocenters. The van der Waals surface area contributed by atoms with Gasteiger partial charge in [0.2, 0.25) is 22.3 Å². The summed E-state index contributed by atoms with van der Waals surface area (Å²) < 4.78 is 43.1. The average Bonchev–Trinajstić information content (AvgIpc) is 3.52. The smallest absolute Gasteiger partial charge is 0.261 e. The molecule has 12 nitrogen and oxygen atoms in total. The van der Waals surface area contributed by atoms with Gasteiger partial charge in [-0.2, -0.15) is 0 Å². The van der Waals surface area contributed by atoms with Crippen LogP contribution in [0.15, 0.2) is 41.1 Å². The molecule has 1 aliphatic rings. The molecule has 2 aromatic heterocycles. The molecule has 0 bridgehead atoms. The molecule has 0 saturated carbocycles. The van der Waals surface area contributed by atoms with Crippen molar-refractivity contribution in [2.75, 3.05) is 24.8 Å². The highest BCUT2D eigenvalue weighted by atomic mass is 32.2. The van der Waals surface area contributed by atoms with Crippen LogP contribution in [0.2, 0.25) is 0 Å². The summed E-state index contributed by atoms with van der Waals surface area (Å²) in [6, 6.07) is 7.33. The maximum absolute atomic E-state index is 14.0. The third-order valence-corrected chi connectivity index (χ3v) is 8.55. The van der Waals surface area contributed by atoms with Crippen molar-refractivity contribution in [1.82, 2.24) is 14.6 Å².